The van der Waals surface area contributed by atoms with E-state index in [0.717, 1.165) is 28.8 Å². The smallest absolute Gasteiger partial charge is 0.271 e. The summed E-state index contributed by atoms with van der Waals surface area (Å²) in [6.07, 6.45) is 1.57. The number of rotatable bonds is 3. The Morgan fingerprint density at radius 1 is 1.25 bits per heavy atom. The minimum Gasteiger partial charge on any atom is -0.497 e. The van der Waals surface area contributed by atoms with Crippen molar-refractivity contribution in [2.75, 3.05) is 13.7 Å². The number of H-pyrrole nitrogens is 2. The van der Waals surface area contributed by atoms with E-state index in [1.54, 1.807) is 7.11 Å². The van der Waals surface area contributed by atoms with E-state index in [1.807, 2.05) is 35.9 Å². The molecule has 4 heterocycles. The number of benzene rings is 1. The van der Waals surface area contributed by atoms with E-state index in [-0.39, 0.29) is 22.8 Å². The Morgan fingerprint density at radius 3 is 2.81 bits per heavy atom. The highest BCUT2D eigenvalue weighted by atomic mass is 32.2. The molecule has 2 aromatic heterocycles. The molecule has 2 aliphatic heterocycles. The maximum Gasteiger partial charge on any atom is 0.271 e. The Bertz CT molecular complexity index is 1350. The number of nitrogens with zero attached hydrogens (tertiary/aromatic N) is 2. The van der Waals surface area contributed by atoms with Gasteiger partial charge >= 0.3 is 0 Å². The summed E-state index contributed by atoms with van der Waals surface area (Å²) in [6.45, 7) is 6.65. The molecule has 5 rings (SSSR count). The highest BCUT2D eigenvalue weighted by Gasteiger charge is 2.36. The summed E-state index contributed by atoms with van der Waals surface area (Å²) in [5.74, 6) is 1.32. The zero-order valence-corrected chi connectivity index (χ0v) is 19.3. The molecule has 32 heavy (non-hydrogen) atoms. The van der Waals surface area contributed by atoms with Crippen molar-refractivity contribution in [3.05, 3.63) is 56.1 Å². The summed E-state index contributed by atoms with van der Waals surface area (Å²) < 4.78 is 13.1. The number of hydrogen-bond donors (Lipinski definition) is 2. The lowest BCUT2D eigenvalue weighted by Crippen LogP contribution is -2.35. The van der Waals surface area contributed by atoms with Crippen LogP contribution in [0.15, 0.2) is 38.8 Å². The first-order chi connectivity index (χ1) is 15.3. The third kappa shape index (κ3) is 3.59. The lowest BCUT2D eigenvalue weighted by molar-refractivity contribution is -0.0705. The maximum absolute atomic E-state index is 13.1. The predicted octanol–water partition coefficient (Wildman–Crippen LogP) is 4.04. The van der Waals surface area contributed by atoms with Crippen LogP contribution in [0.25, 0.3) is 10.9 Å². The van der Waals surface area contributed by atoms with Crippen molar-refractivity contribution in [2.24, 2.45) is 4.99 Å². The van der Waals surface area contributed by atoms with Gasteiger partial charge in [-0.2, -0.15) is 0 Å². The zero-order valence-electron chi connectivity index (χ0n) is 18.5. The van der Waals surface area contributed by atoms with E-state index in [9.17, 15) is 9.59 Å². The highest BCUT2D eigenvalue weighted by Crippen LogP contribution is 2.45. The largest absolute Gasteiger partial charge is 0.497 e. The summed E-state index contributed by atoms with van der Waals surface area (Å²) in [4.78, 5) is 33.8. The Hall–Kier alpha value is -2.78. The van der Waals surface area contributed by atoms with E-state index in [0.29, 0.717) is 29.3 Å². The van der Waals surface area contributed by atoms with Gasteiger partial charge in [0.2, 0.25) is 0 Å². The fourth-order valence-corrected chi connectivity index (χ4v) is 5.75. The minimum atomic E-state index is -0.445. The third-order valence-corrected chi connectivity index (χ3v) is 7.31. The molecular weight excluding hydrogens is 428 g/mol. The van der Waals surface area contributed by atoms with Crippen LogP contribution >= 0.6 is 11.8 Å². The lowest BCUT2D eigenvalue weighted by Gasteiger charge is -2.36. The van der Waals surface area contributed by atoms with Crippen LogP contribution in [-0.2, 0) is 4.74 Å². The molecule has 0 saturated carbocycles. The molecule has 9 heteroatoms. The summed E-state index contributed by atoms with van der Waals surface area (Å²) in [6, 6.07) is 7.44. The molecule has 0 aliphatic carbocycles. The number of thioether (sulfide) groups is 1. The molecule has 1 aromatic carbocycles. The average molecular weight is 455 g/mol. The van der Waals surface area contributed by atoms with Gasteiger partial charge in [-0.15, -0.1) is 0 Å². The lowest BCUT2D eigenvalue weighted by atomic mass is 9.94. The van der Waals surface area contributed by atoms with Crippen molar-refractivity contribution >= 4 is 33.5 Å². The van der Waals surface area contributed by atoms with Gasteiger partial charge in [-0.3, -0.25) is 19.4 Å². The van der Waals surface area contributed by atoms with E-state index < -0.39 is 5.25 Å². The van der Waals surface area contributed by atoms with Crippen molar-refractivity contribution in [3.8, 4) is 5.75 Å². The number of hydrogen-bond acceptors (Lipinski definition) is 6. The second-order valence-electron chi connectivity index (χ2n) is 8.94. The summed E-state index contributed by atoms with van der Waals surface area (Å²) in [7, 11) is 1.61. The van der Waals surface area contributed by atoms with Gasteiger partial charge in [-0.1, -0.05) is 11.8 Å². The van der Waals surface area contributed by atoms with Gasteiger partial charge in [-0.25, -0.2) is 4.99 Å². The molecular formula is C23H26N4O4S. The summed E-state index contributed by atoms with van der Waals surface area (Å²) >= 11 is 1.43. The molecule has 2 N–H and O–H groups in total. The van der Waals surface area contributed by atoms with E-state index in [4.69, 9.17) is 14.5 Å². The number of aromatic nitrogens is 3. The molecule has 168 valence electrons. The fourth-order valence-electron chi connectivity index (χ4n) is 4.64. The van der Waals surface area contributed by atoms with Gasteiger partial charge in [0.05, 0.1) is 34.6 Å². The molecule has 0 bridgehead atoms. The maximum atomic E-state index is 13.1. The SMILES string of the molecule is COc1ccc2[nH]c(=O)c([C@H]3SC(C)=Nc4c3c(=O)[nH]n4[C@@H]3CCOC(C)(C)C3)cc2c1. The number of nitrogens with one attached hydrogen (secondary N) is 2. The molecule has 2 atom stereocenters. The number of methoxy groups -OCH3 is 1. The summed E-state index contributed by atoms with van der Waals surface area (Å²) in [5.41, 5.74) is 1.09. The van der Waals surface area contributed by atoms with Gasteiger partial charge in [0.1, 0.15) is 5.75 Å². The van der Waals surface area contributed by atoms with Crippen LogP contribution in [-0.4, -0.2) is 39.1 Å². The fraction of sp³-hybridized carbons (Fsp3) is 0.435. The Balaban J connectivity index is 1.64. The number of pyridine rings is 1. The van der Waals surface area contributed by atoms with Crippen molar-refractivity contribution in [2.45, 2.75) is 50.5 Å². The van der Waals surface area contributed by atoms with Crippen molar-refractivity contribution in [3.63, 3.8) is 0 Å². The monoisotopic (exact) mass is 454 g/mol. The molecule has 1 fully saturated rings. The highest BCUT2D eigenvalue weighted by molar-refractivity contribution is 8.14. The van der Waals surface area contributed by atoms with Crippen LogP contribution in [0.1, 0.15) is 56.0 Å². The summed E-state index contributed by atoms with van der Waals surface area (Å²) in [5, 5.41) is 4.23. The molecule has 0 unspecified atom stereocenters. The Labute approximate surface area is 189 Å². The second kappa shape index (κ2) is 7.67. The van der Waals surface area contributed by atoms with Crippen LogP contribution in [0, 0.1) is 0 Å². The van der Waals surface area contributed by atoms with Crippen LogP contribution in [0.4, 0.5) is 5.82 Å². The number of aliphatic imine (C=N–C) groups is 1. The molecule has 0 amide bonds. The normalized spacial score (nSPS) is 22.4. The van der Waals surface area contributed by atoms with Gasteiger partial charge in [-0.05, 0) is 57.9 Å². The second-order valence-corrected chi connectivity index (χ2v) is 10.2. The van der Waals surface area contributed by atoms with Crippen molar-refractivity contribution < 1.29 is 9.47 Å². The average Bonchev–Trinajstić information content (AvgIpc) is 3.08. The first kappa shape index (κ1) is 21.1. The van der Waals surface area contributed by atoms with Gasteiger partial charge in [0.25, 0.3) is 11.1 Å². The van der Waals surface area contributed by atoms with Crippen LogP contribution < -0.4 is 15.9 Å². The Morgan fingerprint density at radius 2 is 2.06 bits per heavy atom. The van der Waals surface area contributed by atoms with Gasteiger partial charge in [0.15, 0.2) is 5.82 Å². The van der Waals surface area contributed by atoms with Crippen molar-refractivity contribution in [1.82, 2.24) is 14.8 Å². The molecule has 2 aliphatic rings. The predicted molar refractivity (Wildman–Crippen MR) is 127 cm³/mol. The van der Waals surface area contributed by atoms with Gasteiger partial charge < -0.3 is 14.5 Å². The molecule has 0 spiro atoms. The first-order valence-electron chi connectivity index (χ1n) is 10.7. The quantitative estimate of drug-likeness (QED) is 0.622. The minimum absolute atomic E-state index is 0.0784. The van der Waals surface area contributed by atoms with E-state index in [1.165, 1.54) is 11.8 Å². The van der Waals surface area contributed by atoms with Gasteiger partial charge in [0, 0.05) is 23.1 Å². The number of ether oxygens (including phenoxy) is 2. The Kier molecular flexibility index (Phi) is 5.05. The third-order valence-electron chi connectivity index (χ3n) is 6.15. The van der Waals surface area contributed by atoms with Crippen LogP contribution in [0.5, 0.6) is 5.75 Å². The number of aromatic amines is 2. The number of fused-ring (bicyclic) bond motifs is 2. The molecule has 3 aromatic rings. The zero-order chi connectivity index (χ0) is 22.6. The molecule has 8 nitrogen and oxygen atoms in total. The van der Waals surface area contributed by atoms with E-state index >= 15 is 0 Å². The van der Waals surface area contributed by atoms with Crippen LogP contribution in [0.2, 0.25) is 0 Å². The van der Waals surface area contributed by atoms with Crippen molar-refractivity contribution in [1.29, 1.82) is 0 Å². The first-order valence-corrected chi connectivity index (χ1v) is 11.5. The molecule has 1 saturated heterocycles. The van der Waals surface area contributed by atoms with E-state index in [2.05, 4.69) is 23.9 Å². The topological polar surface area (TPSA) is 101 Å². The van der Waals surface area contributed by atoms with Crippen LogP contribution in [0.3, 0.4) is 0 Å². The molecule has 0 radical (unpaired) electrons. The standard InChI is InChI=1S/C23H26N4O4S/c1-12-24-20-18(22(29)26-27(20)14-7-8-31-23(2,3)11-14)19(32-12)16-10-13-9-15(30-4)5-6-17(13)25-21(16)28/h5-6,9-10,14,19H,7-8,11H2,1-4H3,(H,25,28)(H,26,29)/t14-,19-/m1/s1.